The third-order valence-electron chi connectivity index (χ3n) is 13.7. The quantitative estimate of drug-likeness (QED) is 0.0391. The molecule has 1 unspecified atom stereocenters. The number of benzene rings is 1. The summed E-state index contributed by atoms with van der Waals surface area (Å²) >= 11 is 0. The van der Waals surface area contributed by atoms with Gasteiger partial charge in [-0.05, 0) is 74.8 Å². The molecule has 65 heavy (non-hydrogen) atoms. The number of amides is 3. The van der Waals surface area contributed by atoms with Crippen molar-refractivity contribution in [2.75, 3.05) is 45.8 Å². The third kappa shape index (κ3) is 19.3. The Kier molecular flexibility index (Phi) is 23.0. The van der Waals surface area contributed by atoms with E-state index in [-0.39, 0.29) is 42.2 Å². The monoisotopic (exact) mass is 926 g/mol. The van der Waals surface area contributed by atoms with Crippen molar-refractivity contribution in [2.24, 2.45) is 5.92 Å². The van der Waals surface area contributed by atoms with Gasteiger partial charge in [0, 0.05) is 70.3 Å². The maximum absolute atomic E-state index is 14.3. The number of nitrogens with zero attached hydrogens (tertiary/aromatic N) is 4. The molecule has 1 aromatic heterocycles. The maximum Gasteiger partial charge on any atom is 0.524 e. The lowest BCUT2D eigenvalue weighted by Gasteiger charge is -2.35. The molecule has 3 aliphatic rings. The van der Waals surface area contributed by atoms with Crippen molar-refractivity contribution in [1.29, 1.82) is 0 Å². The first-order valence-corrected chi connectivity index (χ1v) is 26.7. The van der Waals surface area contributed by atoms with Gasteiger partial charge in [0.2, 0.25) is 17.7 Å². The number of rotatable bonds is 30. The Labute approximate surface area is 388 Å². The molecule has 4 atom stereocenters. The molecule has 3 amide bonds. The average Bonchev–Trinajstić information content (AvgIpc) is 3.97. The van der Waals surface area contributed by atoms with Crippen molar-refractivity contribution in [2.45, 2.75) is 179 Å². The molecular formula is C49H80N7O8P. The van der Waals surface area contributed by atoms with Gasteiger partial charge >= 0.3 is 7.82 Å². The Morgan fingerprint density at radius 1 is 0.815 bits per heavy atom. The Bertz CT molecular complexity index is 1750. The van der Waals surface area contributed by atoms with Crippen molar-refractivity contribution >= 4 is 31.3 Å². The highest BCUT2D eigenvalue weighted by molar-refractivity contribution is 7.46. The van der Waals surface area contributed by atoms with Crippen LogP contribution in [0.3, 0.4) is 0 Å². The molecule has 4 heterocycles. The second-order valence-electron chi connectivity index (χ2n) is 18.9. The Morgan fingerprint density at radius 3 is 2.05 bits per heavy atom. The van der Waals surface area contributed by atoms with E-state index in [1.165, 1.54) is 102 Å². The number of hydrogen-bond acceptors (Lipinski definition) is 9. The lowest BCUT2D eigenvalue weighted by atomic mass is 9.91. The summed E-state index contributed by atoms with van der Waals surface area (Å²) in [5.74, 6) is -1.69. The molecule has 5 N–H and O–H groups in total. The smallest absolute Gasteiger partial charge is 0.404 e. The molecule has 0 saturated carbocycles. The van der Waals surface area contributed by atoms with Gasteiger partial charge < -0.3 is 29.9 Å². The van der Waals surface area contributed by atoms with Crippen molar-refractivity contribution in [3.05, 3.63) is 47.8 Å². The van der Waals surface area contributed by atoms with Crippen molar-refractivity contribution in [1.82, 2.24) is 35.5 Å². The Morgan fingerprint density at radius 2 is 1.43 bits per heavy atom. The first-order chi connectivity index (χ1) is 31.5. The Hall–Kier alpha value is -3.62. The fraction of sp³-hybridized carbons (Fsp3) is 0.735. The summed E-state index contributed by atoms with van der Waals surface area (Å²) in [4.78, 5) is 80.7. The zero-order valence-corrected chi connectivity index (χ0v) is 40.2. The first-order valence-electron chi connectivity index (χ1n) is 25.2. The summed E-state index contributed by atoms with van der Waals surface area (Å²) in [5.41, 5.74) is 1.66. The largest absolute Gasteiger partial charge is 0.524 e. The van der Waals surface area contributed by atoms with Crippen molar-refractivity contribution < 1.29 is 38.1 Å². The van der Waals surface area contributed by atoms with Gasteiger partial charge in [0.05, 0.1) is 6.20 Å². The van der Waals surface area contributed by atoms with Gasteiger partial charge in [-0.3, -0.25) is 34.1 Å². The predicted molar refractivity (Wildman–Crippen MR) is 253 cm³/mol. The van der Waals surface area contributed by atoms with Crippen LogP contribution in [0.4, 0.5) is 0 Å². The fourth-order valence-electron chi connectivity index (χ4n) is 9.87. The van der Waals surface area contributed by atoms with Crippen LogP contribution in [0.5, 0.6) is 5.75 Å². The number of ketones is 1. The molecule has 5 rings (SSSR count). The molecule has 3 fully saturated rings. The van der Waals surface area contributed by atoms with Gasteiger partial charge in [0.1, 0.15) is 23.6 Å². The molecular weight excluding hydrogens is 846 g/mol. The molecule has 0 radical (unpaired) electrons. The van der Waals surface area contributed by atoms with E-state index in [4.69, 9.17) is 4.52 Å². The molecule has 16 heteroatoms. The third-order valence-corrected chi connectivity index (χ3v) is 14.1. The fourth-order valence-corrected chi connectivity index (χ4v) is 10.3. The SMILES string of the molecule is CCCCCCCCCCCCCCCCN1CCN(CCC(=O)C[C@@H](Cc2ccc(OP(=O)(O)O)cc2)C(=O)N[C@H]2CCCCC3CC[C@@H](C(=O)NCCc4cn[nH]c4)N3C2=O)CC1. The number of aromatic nitrogens is 2. The second-order valence-corrected chi connectivity index (χ2v) is 20.0. The summed E-state index contributed by atoms with van der Waals surface area (Å²) in [6.07, 6.45) is 27.7. The number of piperazine rings is 1. The molecule has 1 aromatic carbocycles. The zero-order chi connectivity index (χ0) is 46.3. The van der Waals surface area contributed by atoms with E-state index < -0.39 is 31.7 Å². The van der Waals surface area contributed by atoms with Gasteiger partial charge in [0.15, 0.2) is 0 Å². The van der Waals surface area contributed by atoms with Crippen LogP contribution in [0.25, 0.3) is 0 Å². The van der Waals surface area contributed by atoms with Gasteiger partial charge in [0.25, 0.3) is 0 Å². The lowest BCUT2D eigenvalue weighted by molar-refractivity contribution is -0.144. The van der Waals surface area contributed by atoms with E-state index >= 15 is 0 Å². The number of aromatic amines is 1. The summed E-state index contributed by atoms with van der Waals surface area (Å²) in [5, 5.41) is 12.8. The average molecular weight is 926 g/mol. The molecule has 0 aliphatic carbocycles. The minimum absolute atomic E-state index is 0.0133. The number of phosphoric ester groups is 1. The Balaban J connectivity index is 1.07. The van der Waals surface area contributed by atoms with Crippen molar-refractivity contribution in [3.8, 4) is 5.75 Å². The molecule has 0 bridgehead atoms. The van der Waals surface area contributed by atoms with Crippen LogP contribution in [0.1, 0.15) is 159 Å². The molecule has 0 spiro atoms. The van der Waals surface area contributed by atoms with E-state index in [0.717, 1.165) is 64.0 Å². The van der Waals surface area contributed by atoms with Gasteiger partial charge in [-0.25, -0.2) is 4.57 Å². The summed E-state index contributed by atoms with van der Waals surface area (Å²) in [6.45, 7) is 8.22. The van der Waals surface area contributed by atoms with E-state index in [1.54, 1.807) is 29.4 Å². The first kappa shape index (κ1) is 52.4. The number of unbranched alkanes of at least 4 members (excludes halogenated alkanes) is 13. The summed E-state index contributed by atoms with van der Waals surface area (Å²) in [7, 11) is -4.75. The zero-order valence-electron chi connectivity index (χ0n) is 39.3. The topological polar surface area (TPSA) is 197 Å². The van der Waals surface area contributed by atoms with Crippen LogP contribution < -0.4 is 15.2 Å². The number of phosphoric acid groups is 1. The van der Waals surface area contributed by atoms with Crippen LogP contribution in [0.15, 0.2) is 36.7 Å². The van der Waals surface area contributed by atoms with Crippen LogP contribution in [-0.2, 0) is 36.6 Å². The normalized spacial score (nSPS) is 20.2. The minimum Gasteiger partial charge on any atom is -0.404 e. The second kappa shape index (κ2) is 28.5. The molecule has 3 saturated heterocycles. The number of H-pyrrole nitrogens is 1. The minimum atomic E-state index is -4.75. The predicted octanol–water partition coefficient (Wildman–Crippen LogP) is 7.27. The van der Waals surface area contributed by atoms with E-state index in [2.05, 4.69) is 37.6 Å². The van der Waals surface area contributed by atoms with E-state index in [0.29, 0.717) is 44.3 Å². The highest BCUT2D eigenvalue weighted by atomic mass is 31.2. The van der Waals surface area contributed by atoms with Crippen LogP contribution >= 0.6 is 7.82 Å². The highest BCUT2D eigenvalue weighted by Gasteiger charge is 2.44. The van der Waals surface area contributed by atoms with E-state index in [1.807, 2.05) is 0 Å². The number of hydrogen-bond donors (Lipinski definition) is 5. The van der Waals surface area contributed by atoms with Gasteiger partial charge in [-0.2, -0.15) is 5.10 Å². The van der Waals surface area contributed by atoms with E-state index in [9.17, 15) is 33.5 Å². The number of nitrogens with one attached hydrogen (secondary N) is 3. The van der Waals surface area contributed by atoms with Crippen LogP contribution in [-0.4, -0.2) is 122 Å². The van der Waals surface area contributed by atoms with Crippen LogP contribution in [0, 0.1) is 5.92 Å². The summed E-state index contributed by atoms with van der Waals surface area (Å²) < 4.78 is 16.1. The number of Topliss-reactive ketones (excluding diaryl/α,β-unsaturated/α-hetero) is 1. The maximum atomic E-state index is 14.3. The van der Waals surface area contributed by atoms with Gasteiger partial charge in [-0.1, -0.05) is 115 Å². The van der Waals surface area contributed by atoms with Gasteiger partial charge in [-0.15, -0.1) is 0 Å². The molecule has 2 aromatic rings. The molecule has 15 nitrogen and oxygen atoms in total. The summed E-state index contributed by atoms with van der Waals surface area (Å²) in [6, 6.07) is 4.57. The highest BCUT2D eigenvalue weighted by Crippen LogP contribution is 2.37. The number of carbonyl (C=O) groups is 4. The number of fused-ring (bicyclic) bond motifs is 1. The standard InChI is InChI=1S/C49H80N7O8P/c1-2-3-4-5-6-7-8-9-10-11-12-13-14-17-29-54-31-33-55(34-32-54)30-27-43(57)36-41(35-39-20-23-44(24-21-39)64-65(61,62)63)47(58)53-45-19-16-15-18-42-22-25-46(56(42)49(45)60)48(59)50-28-26-40-37-51-52-38-40/h20-21,23-24,37-38,41-42,45-46H,2-19,22,25-36H2,1H3,(H,50,59)(H,51,52)(H,53,58)(H2,61,62,63)/t41-,42?,45+,46+/m1/s1. The lowest BCUT2D eigenvalue weighted by Crippen LogP contribution is -2.57. The molecule has 3 aliphatic heterocycles. The van der Waals surface area contributed by atoms with Crippen molar-refractivity contribution in [3.63, 3.8) is 0 Å². The van der Waals surface area contributed by atoms with Crippen LogP contribution in [0.2, 0.25) is 0 Å². The molecule has 364 valence electrons. The number of carbonyl (C=O) groups excluding carboxylic acids is 4.